The van der Waals surface area contributed by atoms with Gasteiger partial charge in [0, 0.05) is 13.1 Å². The first kappa shape index (κ1) is 58.6. The maximum atomic E-state index is 14.3. The van der Waals surface area contributed by atoms with Crippen LogP contribution < -0.4 is 18.9 Å². The van der Waals surface area contributed by atoms with E-state index >= 15 is 0 Å². The monoisotopic (exact) mass is 972 g/mol. The maximum Gasteiger partial charge on any atom is 0.864 e. The highest BCUT2D eigenvalue weighted by atomic mass is 19.4. The van der Waals surface area contributed by atoms with Crippen LogP contribution in [0.4, 0.5) is 45.2 Å². The fourth-order valence-electron chi connectivity index (χ4n) is 8.41. The van der Waals surface area contributed by atoms with Crippen LogP contribution in [0, 0.1) is 0 Å². The quantitative estimate of drug-likeness (QED) is 0.0325. The van der Waals surface area contributed by atoms with Gasteiger partial charge in [0.25, 0.3) is 0 Å². The molecule has 68 heavy (non-hydrogen) atoms. The van der Waals surface area contributed by atoms with Crippen LogP contribution in [0.5, 0.6) is 17.2 Å². The Morgan fingerprint density at radius 2 is 0.632 bits per heavy atom. The molecule has 0 saturated heterocycles. The highest BCUT2D eigenvalue weighted by Crippen LogP contribution is 2.39. The van der Waals surface area contributed by atoms with Crippen molar-refractivity contribution in [3.8, 4) is 17.2 Å². The van der Waals surface area contributed by atoms with E-state index in [0.29, 0.717) is 13.1 Å². The average Bonchev–Trinajstić information content (AvgIpc) is 3.29. The lowest BCUT2D eigenvalue weighted by molar-refractivity contribution is -0.138. The van der Waals surface area contributed by atoms with E-state index in [-0.39, 0.29) is 22.9 Å². The molecule has 0 unspecified atom stereocenters. The molecule has 0 aliphatic rings. The van der Waals surface area contributed by atoms with Crippen LogP contribution in [0.15, 0.2) is 66.7 Å². The van der Waals surface area contributed by atoms with Gasteiger partial charge < -0.3 is 18.9 Å². The number of halogens is 9. The molecule has 0 atom stereocenters. The van der Waals surface area contributed by atoms with E-state index in [4.69, 9.17) is 14.0 Å². The van der Waals surface area contributed by atoms with Gasteiger partial charge in [0.2, 0.25) is 0 Å². The lowest BCUT2D eigenvalue weighted by Crippen LogP contribution is -2.38. The number of hydrogen-bond donors (Lipinski definition) is 0. The Labute approximate surface area is 402 Å². The number of alkyl halides is 9. The minimum atomic E-state index is -4.68. The Balaban J connectivity index is 1.71. The zero-order chi connectivity index (χ0) is 49.5. The van der Waals surface area contributed by atoms with Crippen LogP contribution in [0.2, 0.25) is 0 Å². The number of unbranched alkanes of at least 4 members (excludes halogenated alkanes) is 27. The molecule has 0 heterocycles. The van der Waals surface area contributed by atoms with Gasteiger partial charge in [0.1, 0.15) is 17.2 Å². The maximum absolute atomic E-state index is 14.3. The molecule has 0 aromatic heterocycles. The van der Waals surface area contributed by atoms with E-state index in [1.807, 2.05) is 4.90 Å². The fourth-order valence-corrected chi connectivity index (χ4v) is 8.41. The number of rotatable bonds is 38. The number of hydrogen-bond acceptors (Lipinski definition) is 4. The lowest BCUT2D eigenvalue weighted by atomic mass is 10.0. The van der Waals surface area contributed by atoms with Gasteiger partial charge in [-0.15, -0.1) is 0 Å². The van der Waals surface area contributed by atoms with Crippen LogP contribution in [0.25, 0.3) is 0 Å². The lowest BCUT2D eigenvalue weighted by Gasteiger charge is -2.29. The third-order valence-corrected chi connectivity index (χ3v) is 12.5. The van der Waals surface area contributed by atoms with Crippen LogP contribution >= 0.6 is 0 Å². The van der Waals surface area contributed by atoms with Gasteiger partial charge in [0.15, 0.2) is 0 Å². The Bertz CT molecular complexity index is 1660. The highest BCUT2D eigenvalue weighted by molar-refractivity contribution is 6.39. The minimum absolute atomic E-state index is 0.0488. The van der Waals surface area contributed by atoms with Crippen LogP contribution in [-0.2, 0) is 18.5 Å². The normalized spacial score (nSPS) is 12.1. The second-order valence-electron chi connectivity index (χ2n) is 18.4. The Hall–Kier alpha value is -3.71. The largest absolute Gasteiger partial charge is 0.864 e. The molecule has 0 bridgehead atoms. The molecule has 0 N–H and O–H groups in total. The predicted molar refractivity (Wildman–Crippen MR) is 259 cm³/mol. The molecule has 3 rings (SSSR count). The Morgan fingerprint density at radius 1 is 0.353 bits per heavy atom. The number of nitrogens with zero attached hydrogens (tertiary/aromatic N) is 1. The molecule has 4 nitrogen and oxygen atoms in total. The van der Waals surface area contributed by atoms with Gasteiger partial charge >= 0.3 is 25.9 Å². The van der Waals surface area contributed by atoms with E-state index in [0.717, 1.165) is 131 Å². The Kier molecular flexibility index (Phi) is 28.4. The van der Waals surface area contributed by atoms with Crippen molar-refractivity contribution in [1.82, 2.24) is 0 Å². The van der Waals surface area contributed by atoms with Gasteiger partial charge in [-0.05, 0) is 79.6 Å². The summed E-state index contributed by atoms with van der Waals surface area (Å²) in [5.41, 5.74) is -2.66. The summed E-state index contributed by atoms with van der Waals surface area (Å²) in [7, 11) is -1.83. The summed E-state index contributed by atoms with van der Waals surface area (Å²) in [5, 5.41) is 0. The van der Waals surface area contributed by atoms with Gasteiger partial charge in [-0.3, -0.25) is 0 Å². The standard InChI is InChI=1S/C54H79BF9NO3/c1-3-5-7-9-11-13-15-16-17-18-19-20-21-23-25-27-29-31-43-65(42-30-28-26-24-22-14-12-10-8-6-4-2)50-44-47(54(62,63)64)36-41-51(50)68-55(66-48-37-32-45(33-38-48)52(56,57)58)67-49-39-34-46(35-40-49)53(59,60)61/h32-41,44H,3-31,42-43H2,1-2H3. The average molecular weight is 972 g/mol. The molecule has 384 valence electrons. The molecule has 0 fully saturated rings. The molecule has 0 amide bonds. The van der Waals surface area contributed by atoms with Crippen molar-refractivity contribution >= 4 is 13.0 Å². The van der Waals surface area contributed by atoms with Crippen molar-refractivity contribution in [2.75, 3.05) is 18.0 Å². The van der Waals surface area contributed by atoms with Gasteiger partial charge in [-0.2, -0.15) is 39.5 Å². The zero-order valence-corrected chi connectivity index (χ0v) is 40.9. The summed E-state index contributed by atoms with van der Waals surface area (Å²) in [6, 6.07) is 10.3. The molecule has 0 aliphatic heterocycles. The first-order valence-corrected chi connectivity index (χ1v) is 25.9. The fraction of sp³-hybridized carbons (Fsp3) is 0.667. The van der Waals surface area contributed by atoms with E-state index in [1.165, 1.54) is 122 Å². The smallest absolute Gasteiger partial charge is 0.490 e. The molecule has 3 aromatic carbocycles. The number of benzene rings is 3. The summed E-state index contributed by atoms with van der Waals surface area (Å²) >= 11 is 0. The molecule has 0 saturated carbocycles. The minimum Gasteiger partial charge on any atom is -0.490 e. The van der Waals surface area contributed by atoms with Crippen molar-refractivity contribution in [2.24, 2.45) is 0 Å². The predicted octanol–water partition coefficient (Wildman–Crippen LogP) is 19.4. The van der Waals surface area contributed by atoms with E-state index < -0.39 is 42.5 Å². The highest BCUT2D eigenvalue weighted by Gasteiger charge is 2.37. The number of anilines is 1. The SMILES string of the molecule is CCCCCCCCCCCCCCCCCCCCN(CCCCCCCCCCCCC)c1cc(C(F)(F)F)ccc1OB(Oc1ccc(C(F)(F)F)cc1)Oc1ccc(C(F)(F)F)cc1. The summed E-state index contributed by atoms with van der Waals surface area (Å²) < 4.78 is 141. The second kappa shape index (κ2) is 33.0. The van der Waals surface area contributed by atoms with Crippen molar-refractivity contribution < 1.29 is 53.5 Å². The summed E-state index contributed by atoms with van der Waals surface area (Å²) in [5.74, 6) is -0.327. The first-order valence-electron chi connectivity index (χ1n) is 25.9. The Morgan fingerprint density at radius 3 is 0.926 bits per heavy atom. The van der Waals surface area contributed by atoms with Gasteiger partial charge in [-0.25, -0.2) is 0 Å². The van der Waals surface area contributed by atoms with Gasteiger partial charge in [0.05, 0.1) is 22.4 Å². The molecule has 0 radical (unpaired) electrons. The molecule has 0 spiro atoms. The van der Waals surface area contributed by atoms with Crippen molar-refractivity contribution in [3.05, 3.63) is 83.4 Å². The van der Waals surface area contributed by atoms with Crippen LogP contribution in [-0.4, -0.2) is 20.4 Å². The summed E-state index contributed by atoms with van der Waals surface area (Å²) in [6.45, 7) is 5.33. The molecule has 3 aromatic rings. The third-order valence-electron chi connectivity index (χ3n) is 12.5. The third kappa shape index (κ3) is 25.2. The topological polar surface area (TPSA) is 30.9 Å². The molecular weight excluding hydrogens is 892 g/mol. The summed E-state index contributed by atoms with van der Waals surface area (Å²) in [6.07, 6.45) is 20.1. The van der Waals surface area contributed by atoms with Gasteiger partial charge in [-0.1, -0.05) is 187 Å². The van der Waals surface area contributed by atoms with E-state index in [9.17, 15) is 39.5 Å². The van der Waals surface area contributed by atoms with Crippen LogP contribution in [0.3, 0.4) is 0 Å². The van der Waals surface area contributed by atoms with Crippen molar-refractivity contribution in [3.63, 3.8) is 0 Å². The van der Waals surface area contributed by atoms with E-state index in [1.54, 1.807) is 0 Å². The van der Waals surface area contributed by atoms with Crippen molar-refractivity contribution in [1.29, 1.82) is 0 Å². The molecule has 14 heteroatoms. The van der Waals surface area contributed by atoms with Crippen LogP contribution in [0.1, 0.15) is 217 Å². The van der Waals surface area contributed by atoms with E-state index in [2.05, 4.69) is 13.8 Å². The summed E-state index contributed by atoms with van der Waals surface area (Å²) in [4.78, 5) is 1.89. The molecule has 0 aliphatic carbocycles. The van der Waals surface area contributed by atoms with Crippen molar-refractivity contribution in [2.45, 2.75) is 219 Å². The molecular formula is C54H79BF9NO3. The second-order valence-corrected chi connectivity index (χ2v) is 18.4. The zero-order valence-electron chi connectivity index (χ0n) is 40.9. The first-order chi connectivity index (χ1) is 32.6.